The lowest BCUT2D eigenvalue weighted by Crippen LogP contribution is -2.42. The highest BCUT2D eigenvalue weighted by Crippen LogP contribution is 2.35. The molecule has 3 aromatic carbocycles. The molecule has 1 aliphatic heterocycles. The van der Waals surface area contributed by atoms with Crippen molar-refractivity contribution in [3.05, 3.63) is 89.7 Å². The highest BCUT2D eigenvalue weighted by atomic mass is 32.2. The lowest BCUT2D eigenvalue weighted by Gasteiger charge is -2.37. The van der Waals surface area contributed by atoms with Crippen LogP contribution in [0.4, 0.5) is 23.7 Å². The maximum atomic E-state index is 12.8. The third-order valence-electron chi connectivity index (χ3n) is 7.89. The number of benzene rings is 3. The van der Waals surface area contributed by atoms with E-state index in [4.69, 9.17) is 0 Å². The molecule has 0 aliphatic carbocycles. The van der Waals surface area contributed by atoms with E-state index in [1.807, 2.05) is 24.3 Å². The Labute approximate surface area is 277 Å². The zero-order valence-electron chi connectivity index (χ0n) is 26.9. The first-order valence-corrected chi connectivity index (χ1v) is 16.7. The number of nitrogens with one attached hydrogen (secondary N) is 1. The maximum Gasteiger partial charge on any atom is 0.573 e. The Morgan fingerprint density at radius 3 is 2.53 bits per heavy atom. The van der Waals surface area contributed by atoms with Crippen molar-refractivity contribution in [3.63, 3.8) is 0 Å². The molecule has 248 valence electrons. The number of unbranched alkanes of at least 4 members (excludes halogenated alkanes) is 1. The minimum absolute atomic E-state index is 0.252. The van der Waals surface area contributed by atoms with E-state index in [1.54, 1.807) is 11.8 Å². The van der Waals surface area contributed by atoms with Crippen LogP contribution in [0.25, 0.3) is 17.1 Å². The number of aliphatic imine (C=N–C) groups is 1. The Bertz CT molecular complexity index is 1690. The van der Waals surface area contributed by atoms with Crippen LogP contribution in [0.15, 0.2) is 78.0 Å². The molecule has 12 heteroatoms. The number of carbonyl (C=O) groups excluding carboxylic acids is 1. The fourth-order valence-corrected chi connectivity index (χ4v) is 6.61. The van der Waals surface area contributed by atoms with Crippen LogP contribution in [-0.4, -0.2) is 50.7 Å². The van der Waals surface area contributed by atoms with Gasteiger partial charge in [0.1, 0.15) is 12.1 Å². The van der Waals surface area contributed by atoms with Crippen LogP contribution in [0.5, 0.6) is 5.75 Å². The van der Waals surface area contributed by atoms with Gasteiger partial charge in [0, 0.05) is 29.6 Å². The van der Waals surface area contributed by atoms with Crippen molar-refractivity contribution in [1.29, 1.82) is 0 Å². The monoisotopic (exact) mass is 664 g/mol. The summed E-state index contributed by atoms with van der Waals surface area (Å²) in [7, 11) is 0. The Hall–Kier alpha value is -4.32. The second-order valence-electron chi connectivity index (χ2n) is 11.9. The van der Waals surface area contributed by atoms with Gasteiger partial charge in [-0.25, -0.2) is 14.5 Å². The molecular formula is C35H39F3N6O2S. The van der Waals surface area contributed by atoms with Crippen molar-refractivity contribution in [2.45, 2.75) is 71.7 Å². The van der Waals surface area contributed by atoms with Crippen molar-refractivity contribution in [3.8, 4) is 22.8 Å². The molecule has 5 rings (SSSR count). The number of nitrogens with zero attached hydrogens (tertiary/aromatic N) is 5. The molecule has 8 nitrogen and oxygen atoms in total. The molecule has 1 N–H and O–H groups in total. The molecule has 4 aromatic rings. The Kier molecular flexibility index (Phi) is 10.9. The number of aromatic nitrogens is 3. The Morgan fingerprint density at radius 2 is 1.83 bits per heavy atom. The fourth-order valence-electron chi connectivity index (χ4n) is 5.40. The van der Waals surface area contributed by atoms with E-state index in [-0.39, 0.29) is 17.8 Å². The molecule has 1 aliphatic rings. The third-order valence-corrected chi connectivity index (χ3v) is 8.87. The van der Waals surface area contributed by atoms with E-state index in [0.717, 1.165) is 53.4 Å². The van der Waals surface area contributed by atoms with Gasteiger partial charge in [-0.05, 0) is 92.5 Å². The molecule has 1 atom stereocenters. The van der Waals surface area contributed by atoms with Crippen molar-refractivity contribution in [1.82, 2.24) is 20.1 Å². The standard InChI is InChI=1S/C35H39F3N6O2S/c1-23(2)30-17-8-24(3)21-31(30)44-25(4)18-20-47-34(44)41-33(45)39-19-6-5-7-26-9-11-27(12-10-26)32-40-22-43(42-32)28-13-15-29(16-14-28)46-35(36,37)38/h8-17,21-23,25H,5-7,18-20H2,1-4H3,(H,39,45)/b41-34-. The molecule has 1 unspecified atom stereocenters. The second-order valence-corrected chi connectivity index (χ2v) is 13.0. The zero-order valence-corrected chi connectivity index (χ0v) is 27.7. The molecule has 0 saturated carbocycles. The van der Waals surface area contributed by atoms with Crippen molar-refractivity contribution in [2.75, 3.05) is 17.2 Å². The average Bonchev–Trinajstić information content (AvgIpc) is 3.51. The van der Waals surface area contributed by atoms with E-state index in [1.165, 1.54) is 46.4 Å². The van der Waals surface area contributed by atoms with Crippen LogP contribution in [-0.2, 0) is 6.42 Å². The number of thioether (sulfide) groups is 1. The highest BCUT2D eigenvalue weighted by Gasteiger charge is 2.31. The van der Waals surface area contributed by atoms with Gasteiger partial charge in [0.05, 0.1) is 5.69 Å². The van der Waals surface area contributed by atoms with Crippen LogP contribution in [0, 0.1) is 6.92 Å². The van der Waals surface area contributed by atoms with Crippen LogP contribution in [0.2, 0.25) is 0 Å². The topological polar surface area (TPSA) is 84.6 Å². The first-order chi connectivity index (χ1) is 22.5. The quantitative estimate of drug-likeness (QED) is 0.171. The molecule has 2 heterocycles. The van der Waals surface area contributed by atoms with Gasteiger partial charge < -0.3 is 15.0 Å². The predicted octanol–water partition coefficient (Wildman–Crippen LogP) is 8.69. The number of hydrogen-bond acceptors (Lipinski definition) is 5. The van der Waals surface area contributed by atoms with Gasteiger partial charge in [-0.1, -0.05) is 62.0 Å². The normalized spacial score (nSPS) is 16.1. The summed E-state index contributed by atoms with van der Waals surface area (Å²) in [6.45, 7) is 9.20. The first kappa shape index (κ1) is 34.0. The number of halogens is 3. The molecule has 1 fully saturated rings. The first-order valence-electron chi connectivity index (χ1n) is 15.7. The number of aryl methyl sites for hydroxylation is 2. The highest BCUT2D eigenvalue weighted by molar-refractivity contribution is 8.14. The maximum absolute atomic E-state index is 12.8. The van der Waals surface area contributed by atoms with Gasteiger partial charge in [0.15, 0.2) is 11.0 Å². The van der Waals surface area contributed by atoms with Crippen molar-refractivity contribution in [2.24, 2.45) is 4.99 Å². The molecular weight excluding hydrogens is 625 g/mol. The molecule has 2 amide bonds. The van der Waals surface area contributed by atoms with Gasteiger partial charge in [-0.2, -0.15) is 4.99 Å². The lowest BCUT2D eigenvalue weighted by atomic mass is 9.98. The SMILES string of the molecule is Cc1ccc(C(C)C)c(N2/C(=N/C(=O)NCCCCc3ccc(-c4ncn(-c5ccc(OC(F)(F)F)cc5)n4)cc3)SCCC2C)c1. The number of alkyl halides is 3. The van der Waals surface area contributed by atoms with Gasteiger partial charge in [-0.3, -0.25) is 0 Å². The van der Waals surface area contributed by atoms with Crippen LogP contribution in [0.3, 0.4) is 0 Å². The smallest absolute Gasteiger partial charge is 0.406 e. The Balaban J connectivity index is 1.10. The number of ether oxygens (including phenoxy) is 1. The van der Waals surface area contributed by atoms with Gasteiger partial charge in [0.25, 0.3) is 0 Å². The number of amidine groups is 1. The van der Waals surface area contributed by atoms with Crippen molar-refractivity contribution < 1.29 is 22.7 Å². The third kappa shape index (κ3) is 9.15. The fraction of sp³-hybridized carbons (Fsp3) is 0.371. The van der Waals surface area contributed by atoms with E-state index >= 15 is 0 Å². The van der Waals surface area contributed by atoms with Crippen LogP contribution >= 0.6 is 11.8 Å². The molecule has 1 aromatic heterocycles. The number of amides is 2. The van der Waals surface area contributed by atoms with Gasteiger partial charge in [0.2, 0.25) is 0 Å². The molecule has 0 radical (unpaired) electrons. The summed E-state index contributed by atoms with van der Waals surface area (Å²) in [5.41, 5.74) is 6.11. The summed E-state index contributed by atoms with van der Waals surface area (Å²) in [4.78, 5) is 23.9. The minimum atomic E-state index is -4.74. The molecule has 1 saturated heterocycles. The largest absolute Gasteiger partial charge is 0.573 e. The number of anilines is 1. The molecule has 47 heavy (non-hydrogen) atoms. The summed E-state index contributed by atoms with van der Waals surface area (Å²) in [6.07, 6.45) is 0.369. The molecule has 0 spiro atoms. The Morgan fingerprint density at radius 1 is 1.09 bits per heavy atom. The predicted molar refractivity (Wildman–Crippen MR) is 182 cm³/mol. The summed E-state index contributed by atoms with van der Waals surface area (Å²) in [5.74, 6) is 1.49. The number of carbonyl (C=O) groups is 1. The lowest BCUT2D eigenvalue weighted by molar-refractivity contribution is -0.274. The number of rotatable bonds is 10. The van der Waals surface area contributed by atoms with E-state index in [0.29, 0.717) is 24.0 Å². The second kappa shape index (κ2) is 15.1. The number of urea groups is 1. The van der Waals surface area contributed by atoms with Crippen LogP contribution < -0.4 is 15.0 Å². The van der Waals surface area contributed by atoms with Gasteiger partial charge in [-0.15, -0.1) is 18.3 Å². The van der Waals surface area contributed by atoms with E-state index in [2.05, 4.69) is 75.9 Å². The zero-order chi connectivity index (χ0) is 33.6. The minimum Gasteiger partial charge on any atom is -0.406 e. The van der Waals surface area contributed by atoms with E-state index in [9.17, 15) is 18.0 Å². The summed E-state index contributed by atoms with van der Waals surface area (Å²) in [5, 5.41) is 8.18. The average molecular weight is 665 g/mol. The summed E-state index contributed by atoms with van der Waals surface area (Å²) < 4.78 is 42.7. The molecule has 0 bridgehead atoms. The number of hydrogen-bond donors (Lipinski definition) is 1. The van der Waals surface area contributed by atoms with Crippen LogP contribution in [0.1, 0.15) is 62.6 Å². The summed E-state index contributed by atoms with van der Waals surface area (Å²) in [6, 6.07) is 19.8. The summed E-state index contributed by atoms with van der Waals surface area (Å²) >= 11 is 1.63. The van der Waals surface area contributed by atoms with Gasteiger partial charge >= 0.3 is 12.4 Å². The van der Waals surface area contributed by atoms with Crippen molar-refractivity contribution >= 4 is 28.6 Å². The van der Waals surface area contributed by atoms with E-state index < -0.39 is 6.36 Å².